The van der Waals surface area contributed by atoms with E-state index in [-0.39, 0.29) is 22.9 Å². The van der Waals surface area contributed by atoms with Crippen molar-refractivity contribution < 1.29 is 18.6 Å². The summed E-state index contributed by atoms with van der Waals surface area (Å²) in [6.45, 7) is 3.38. The molecule has 1 aliphatic heterocycles. The average molecular weight is 401 g/mol. The normalized spacial score (nSPS) is 16.3. The van der Waals surface area contributed by atoms with E-state index in [0.717, 1.165) is 29.9 Å². The quantitative estimate of drug-likeness (QED) is 0.760. The van der Waals surface area contributed by atoms with Gasteiger partial charge in [-0.25, -0.2) is 8.78 Å². The third-order valence-electron chi connectivity index (χ3n) is 4.16. The van der Waals surface area contributed by atoms with Crippen LogP contribution in [0.1, 0.15) is 0 Å². The fraction of sp³-hybridized carbons (Fsp3) is 0.412. The van der Waals surface area contributed by atoms with Gasteiger partial charge in [-0.3, -0.25) is 9.69 Å². The van der Waals surface area contributed by atoms with Crippen molar-refractivity contribution >= 4 is 17.3 Å². The molecule has 0 aliphatic carbocycles. The molecule has 1 fully saturated rings. The van der Waals surface area contributed by atoms with Crippen LogP contribution in [0.4, 0.5) is 14.5 Å². The molecule has 0 amide bonds. The number of morpholine rings is 1. The van der Waals surface area contributed by atoms with Crippen LogP contribution < -0.4 is 10.9 Å². The molecule has 1 saturated heterocycles. The maximum absolute atomic E-state index is 13.9. The number of hydrogen-bond acceptors (Lipinski definition) is 6. The van der Waals surface area contributed by atoms with E-state index < -0.39 is 23.3 Å². The van der Waals surface area contributed by atoms with Gasteiger partial charge in [0, 0.05) is 32.2 Å². The van der Waals surface area contributed by atoms with E-state index in [1.165, 1.54) is 6.20 Å². The van der Waals surface area contributed by atoms with Crippen molar-refractivity contribution in [1.82, 2.24) is 14.7 Å². The number of rotatable bonds is 6. The summed E-state index contributed by atoms with van der Waals surface area (Å²) < 4.78 is 32.9. The maximum atomic E-state index is 13.9. The minimum atomic E-state index is -0.928. The molecule has 0 spiro atoms. The lowest BCUT2D eigenvalue weighted by atomic mass is 10.3. The number of halogens is 3. The summed E-state index contributed by atoms with van der Waals surface area (Å²) in [5, 5.41) is 16.7. The Kier molecular flexibility index (Phi) is 6.38. The first-order valence-electron chi connectivity index (χ1n) is 8.41. The molecule has 3 rings (SSSR count). The predicted octanol–water partition coefficient (Wildman–Crippen LogP) is 1.27. The van der Waals surface area contributed by atoms with Crippen molar-refractivity contribution in [3.8, 4) is 5.69 Å². The highest BCUT2D eigenvalue weighted by atomic mass is 35.5. The summed E-state index contributed by atoms with van der Waals surface area (Å²) in [5.74, 6) is -1.69. The minimum Gasteiger partial charge on any atom is -0.390 e. The Bertz CT molecular complexity index is 859. The minimum absolute atomic E-state index is 0.160. The van der Waals surface area contributed by atoms with Gasteiger partial charge < -0.3 is 15.2 Å². The van der Waals surface area contributed by atoms with Gasteiger partial charge in [0.15, 0.2) is 5.82 Å². The highest BCUT2D eigenvalue weighted by Gasteiger charge is 2.17. The number of benzene rings is 1. The Labute approximate surface area is 159 Å². The Morgan fingerprint density at radius 2 is 2.07 bits per heavy atom. The molecule has 1 atom stereocenters. The molecular formula is C17H19ClF2N4O3. The van der Waals surface area contributed by atoms with Crippen LogP contribution in [0.25, 0.3) is 5.69 Å². The number of β-amino-alcohol motifs (C(OH)–C–C–N with tert-alkyl or cyclic N) is 1. The molecular weight excluding hydrogens is 382 g/mol. The van der Waals surface area contributed by atoms with Crippen LogP contribution in [-0.2, 0) is 4.74 Å². The average Bonchev–Trinajstić information content (AvgIpc) is 2.64. The Morgan fingerprint density at radius 3 is 2.78 bits per heavy atom. The van der Waals surface area contributed by atoms with E-state index in [1.807, 2.05) is 0 Å². The monoisotopic (exact) mass is 400 g/mol. The van der Waals surface area contributed by atoms with E-state index in [9.17, 15) is 18.7 Å². The summed E-state index contributed by atoms with van der Waals surface area (Å²) in [7, 11) is 0. The number of anilines is 1. The lowest BCUT2D eigenvalue weighted by molar-refractivity contribution is 0.0171. The number of aliphatic hydroxyl groups is 1. The number of hydrogen-bond donors (Lipinski definition) is 2. The van der Waals surface area contributed by atoms with Crippen molar-refractivity contribution in [2.75, 3.05) is 44.7 Å². The van der Waals surface area contributed by atoms with Crippen molar-refractivity contribution in [3.63, 3.8) is 0 Å². The molecule has 27 heavy (non-hydrogen) atoms. The zero-order valence-electron chi connectivity index (χ0n) is 14.4. The van der Waals surface area contributed by atoms with Crippen LogP contribution in [0.15, 0.2) is 29.2 Å². The van der Waals surface area contributed by atoms with Gasteiger partial charge in [0.2, 0.25) is 0 Å². The number of nitrogens with one attached hydrogen (secondary N) is 1. The Morgan fingerprint density at radius 1 is 1.33 bits per heavy atom. The zero-order chi connectivity index (χ0) is 19.4. The van der Waals surface area contributed by atoms with Crippen LogP contribution in [0.3, 0.4) is 0 Å². The highest BCUT2D eigenvalue weighted by molar-refractivity contribution is 6.32. The molecule has 1 aromatic heterocycles. The number of nitrogens with zero attached hydrogens (tertiary/aromatic N) is 3. The first-order chi connectivity index (χ1) is 13.0. The highest BCUT2D eigenvalue weighted by Crippen LogP contribution is 2.18. The summed E-state index contributed by atoms with van der Waals surface area (Å²) >= 11 is 6.07. The molecule has 10 heteroatoms. The molecule has 1 aliphatic rings. The predicted molar refractivity (Wildman–Crippen MR) is 96.5 cm³/mol. The van der Waals surface area contributed by atoms with Gasteiger partial charge in [0.05, 0.1) is 31.2 Å². The SMILES string of the molecule is O=c1c(Cl)c(NCC(O)CN2CCOCC2)cnn1-c1ccc(F)cc1F. The molecule has 7 nitrogen and oxygen atoms in total. The Balaban J connectivity index is 1.68. The van der Waals surface area contributed by atoms with Gasteiger partial charge in [-0.1, -0.05) is 11.6 Å². The molecule has 146 valence electrons. The molecule has 0 bridgehead atoms. The van der Waals surface area contributed by atoms with E-state index in [0.29, 0.717) is 25.8 Å². The van der Waals surface area contributed by atoms with Gasteiger partial charge >= 0.3 is 0 Å². The van der Waals surface area contributed by atoms with Gasteiger partial charge in [-0.15, -0.1) is 0 Å². The van der Waals surface area contributed by atoms with Gasteiger partial charge in [-0.2, -0.15) is 9.78 Å². The van der Waals surface area contributed by atoms with Crippen LogP contribution >= 0.6 is 11.6 Å². The fourth-order valence-corrected chi connectivity index (χ4v) is 2.95. The van der Waals surface area contributed by atoms with Gasteiger partial charge in [0.1, 0.15) is 16.5 Å². The van der Waals surface area contributed by atoms with Crippen molar-refractivity contribution in [2.24, 2.45) is 0 Å². The van der Waals surface area contributed by atoms with Crippen LogP contribution in [0, 0.1) is 11.6 Å². The molecule has 0 radical (unpaired) electrons. The van der Waals surface area contributed by atoms with E-state index in [1.54, 1.807) is 0 Å². The van der Waals surface area contributed by atoms with Crippen LogP contribution in [0.5, 0.6) is 0 Å². The van der Waals surface area contributed by atoms with Gasteiger partial charge in [0.25, 0.3) is 5.56 Å². The summed E-state index contributed by atoms with van der Waals surface area (Å²) in [5.41, 5.74) is -0.737. The maximum Gasteiger partial charge on any atom is 0.292 e. The Hall–Kier alpha value is -2.07. The van der Waals surface area contributed by atoms with Crippen molar-refractivity contribution in [1.29, 1.82) is 0 Å². The molecule has 2 aromatic rings. The topological polar surface area (TPSA) is 79.6 Å². The molecule has 1 unspecified atom stereocenters. The zero-order valence-corrected chi connectivity index (χ0v) is 15.1. The van der Waals surface area contributed by atoms with Crippen molar-refractivity contribution in [2.45, 2.75) is 6.10 Å². The largest absolute Gasteiger partial charge is 0.390 e. The third-order valence-corrected chi connectivity index (χ3v) is 4.52. The lowest BCUT2D eigenvalue weighted by Crippen LogP contribution is -2.42. The molecule has 2 N–H and O–H groups in total. The van der Waals surface area contributed by atoms with Crippen LogP contribution in [0.2, 0.25) is 5.02 Å². The smallest absolute Gasteiger partial charge is 0.292 e. The summed E-state index contributed by atoms with van der Waals surface area (Å²) in [6.07, 6.45) is 0.574. The second-order valence-electron chi connectivity index (χ2n) is 6.13. The van der Waals surface area contributed by atoms with Crippen LogP contribution in [-0.4, -0.2) is 65.3 Å². The lowest BCUT2D eigenvalue weighted by Gasteiger charge is -2.28. The second-order valence-corrected chi connectivity index (χ2v) is 6.51. The third kappa shape index (κ3) is 4.81. The summed E-state index contributed by atoms with van der Waals surface area (Å²) in [4.78, 5) is 14.4. The van der Waals surface area contributed by atoms with Crippen molar-refractivity contribution in [3.05, 3.63) is 51.4 Å². The fourth-order valence-electron chi connectivity index (χ4n) is 2.75. The first-order valence-corrected chi connectivity index (χ1v) is 8.79. The number of aliphatic hydroxyl groups excluding tert-OH is 1. The second kappa shape index (κ2) is 8.75. The van der Waals surface area contributed by atoms with E-state index in [4.69, 9.17) is 16.3 Å². The van der Waals surface area contributed by atoms with E-state index in [2.05, 4.69) is 15.3 Å². The molecule has 2 heterocycles. The molecule has 0 saturated carbocycles. The summed E-state index contributed by atoms with van der Waals surface area (Å²) in [6, 6.07) is 2.79. The first kappa shape index (κ1) is 19.7. The standard InChI is InChI=1S/C17H19ClF2N4O3/c18-16-14(21-8-12(25)10-23-3-5-27-6-4-23)9-22-24(17(16)26)15-2-1-11(19)7-13(15)20/h1-2,7,9,12,21,25H,3-6,8,10H2. The van der Waals surface area contributed by atoms with E-state index >= 15 is 0 Å². The number of ether oxygens (including phenoxy) is 1. The number of aromatic nitrogens is 2. The van der Waals surface area contributed by atoms with Gasteiger partial charge in [-0.05, 0) is 12.1 Å². The molecule has 1 aromatic carbocycles.